The summed E-state index contributed by atoms with van der Waals surface area (Å²) in [7, 11) is 0. The van der Waals surface area contributed by atoms with Gasteiger partial charge in [0.1, 0.15) is 4.88 Å². The Kier molecular flexibility index (Phi) is 8.05. The third-order valence-corrected chi connectivity index (χ3v) is 5.88. The molecule has 6 heteroatoms. The maximum absolute atomic E-state index is 12.9. The minimum atomic E-state index is -0.990. The maximum Gasteiger partial charge on any atom is 0.348 e. The number of aliphatic hydroxyl groups is 1. The van der Waals surface area contributed by atoms with Crippen LogP contribution in [0.2, 0.25) is 0 Å². The average molecular weight is 394 g/mol. The van der Waals surface area contributed by atoms with Crippen molar-refractivity contribution in [2.75, 3.05) is 11.4 Å². The Balaban J connectivity index is 2.36. The number of hydrogen-bond acceptors (Lipinski definition) is 4. The van der Waals surface area contributed by atoms with E-state index >= 15 is 0 Å². The summed E-state index contributed by atoms with van der Waals surface area (Å²) in [4.78, 5) is 27.5. The van der Waals surface area contributed by atoms with Crippen LogP contribution in [-0.4, -0.2) is 34.7 Å². The second kappa shape index (κ2) is 10.0. The molecule has 27 heavy (non-hydrogen) atoms. The molecule has 1 aliphatic carbocycles. The standard InChI is InChI=1S/C21H31NO4S/c1-14(2)12-19(24)22(11-7-8-15(3)23)17-13-18(27-20(17)21(25)26)16-9-5-4-6-10-16/h9,13-15,23H,4-8,10-12H2,1-3H3,(H,25,26). The number of anilines is 1. The summed E-state index contributed by atoms with van der Waals surface area (Å²) in [6.07, 6.45) is 7.62. The zero-order valence-corrected chi connectivity index (χ0v) is 17.3. The number of thiophene rings is 1. The Bertz CT molecular complexity index is 690. The number of carboxylic acids is 1. The van der Waals surface area contributed by atoms with E-state index in [-0.39, 0.29) is 16.7 Å². The van der Waals surface area contributed by atoms with E-state index in [4.69, 9.17) is 0 Å². The number of rotatable bonds is 9. The predicted octanol–water partition coefficient (Wildman–Crippen LogP) is 4.94. The number of carboxylic acid groups (broad SMARTS) is 1. The molecule has 2 rings (SSSR count). The van der Waals surface area contributed by atoms with Gasteiger partial charge in [-0.1, -0.05) is 19.9 Å². The van der Waals surface area contributed by atoms with E-state index in [1.165, 1.54) is 23.3 Å². The SMILES string of the molecule is CC(C)CC(=O)N(CCCC(C)O)c1cc(C2=CCCCC2)sc1C(=O)O. The molecule has 0 fully saturated rings. The van der Waals surface area contributed by atoms with Gasteiger partial charge in [-0.2, -0.15) is 0 Å². The van der Waals surface area contributed by atoms with Crippen molar-refractivity contribution in [3.63, 3.8) is 0 Å². The fraction of sp³-hybridized carbons (Fsp3) is 0.619. The van der Waals surface area contributed by atoms with Crippen molar-refractivity contribution < 1.29 is 19.8 Å². The molecule has 1 unspecified atom stereocenters. The first-order valence-corrected chi connectivity index (χ1v) is 10.7. The molecular formula is C21H31NO4S. The quantitative estimate of drug-likeness (QED) is 0.623. The lowest BCUT2D eigenvalue weighted by molar-refractivity contribution is -0.119. The van der Waals surface area contributed by atoms with Gasteiger partial charge in [0.05, 0.1) is 11.8 Å². The van der Waals surface area contributed by atoms with Crippen molar-refractivity contribution in [3.05, 3.63) is 21.9 Å². The van der Waals surface area contributed by atoms with Gasteiger partial charge >= 0.3 is 5.97 Å². The molecule has 1 heterocycles. The van der Waals surface area contributed by atoms with Gasteiger partial charge < -0.3 is 15.1 Å². The third kappa shape index (κ3) is 6.18. The summed E-state index contributed by atoms with van der Waals surface area (Å²) in [6, 6.07) is 1.88. The fourth-order valence-electron chi connectivity index (χ4n) is 3.34. The number of carbonyl (C=O) groups is 2. The number of amides is 1. The van der Waals surface area contributed by atoms with E-state index in [1.54, 1.807) is 11.8 Å². The molecule has 0 spiro atoms. The zero-order valence-electron chi connectivity index (χ0n) is 16.5. The zero-order chi connectivity index (χ0) is 20.0. The molecule has 0 bridgehead atoms. The summed E-state index contributed by atoms with van der Waals surface area (Å²) < 4.78 is 0. The van der Waals surface area contributed by atoms with Crippen LogP contribution in [0, 0.1) is 5.92 Å². The first-order valence-electron chi connectivity index (χ1n) is 9.84. The Morgan fingerprint density at radius 2 is 2.00 bits per heavy atom. The first-order chi connectivity index (χ1) is 12.8. The highest BCUT2D eigenvalue weighted by molar-refractivity contribution is 7.15. The molecule has 0 radical (unpaired) electrons. The Morgan fingerprint density at radius 1 is 1.26 bits per heavy atom. The van der Waals surface area contributed by atoms with Crippen LogP contribution in [0.5, 0.6) is 0 Å². The van der Waals surface area contributed by atoms with Crippen LogP contribution in [0.4, 0.5) is 5.69 Å². The molecule has 2 N–H and O–H groups in total. The van der Waals surface area contributed by atoms with Gasteiger partial charge in [-0.3, -0.25) is 4.79 Å². The lowest BCUT2D eigenvalue weighted by Crippen LogP contribution is -2.33. The lowest BCUT2D eigenvalue weighted by atomic mass is 9.98. The van der Waals surface area contributed by atoms with Crippen molar-refractivity contribution in [2.24, 2.45) is 5.92 Å². The van der Waals surface area contributed by atoms with Gasteiger partial charge in [0.25, 0.3) is 0 Å². The van der Waals surface area contributed by atoms with Gasteiger partial charge in [-0.05, 0) is 63.0 Å². The highest BCUT2D eigenvalue weighted by Gasteiger charge is 2.26. The van der Waals surface area contributed by atoms with Crippen LogP contribution in [0.15, 0.2) is 12.1 Å². The molecule has 1 amide bonds. The van der Waals surface area contributed by atoms with Gasteiger partial charge in [0, 0.05) is 17.8 Å². The number of carbonyl (C=O) groups excluding carboxylic acids is 1. The normalized spacial score (nSPS) is 15.5. The van der Waals surface area contributed by atoms with Crippen LogP contribution in [0.3, 0.4) is 0 Å². The number of aliphatic hydroxyl groups excluding tert-OH is 1. The molecule has 0 saturated carbocycles. The molecule has 150 valence electrons. The highest BCUT2D eigenvalue weighted by Crippen LogP contribution is 2.38. The van der Waals surface area contributed by atoms with E-state index in [0.29, 0.717) is 31.5 Å². The van der Waals surface area contributed by atoms with Crippen molar-refractivity contribution in [2.45, 2.75) is 71.8 Å². The minimum absolute atomic E-state index is 0.0555. The van der Waals surface area contributed by atoms with Crippen LogP contribution >= 0.6 is 11.3 Å². The summed E-state index contributed by atoms with van der Waals surface area (Å²) >= 11 is 1.27. The Hall–Kier alpha value is -1.66. The van der Waals surface area contributed by atoms with Gasteiger partial charge in [-0.15, -0.1) is 11.3 Å². The fourth-order valence-corrected chi connectivity index (χ4v) is 4.41. The monoisotopic (exact) mass is 393 g/mol. The number of allylic oxidation sites excluding steroid dienone is 2. The van der Waals surface area contributed by atoms with E-state index in [9.17, 15) is 19.8 Å². The number of aromatic carboxylic acids is 1. The second-order valence-corrected chi connectivity index (χ2v) is 8.79. The maximum atomic E-state index is 12.9. The minimum Gasteiger partial charge on any atom is -0.477 e. The topological polar surface area (TPSA) is 77.8 Å². The van der Waals surface area contributed by atoms with E-state index in [2.05, 4.69) is 6.08 Å². The number of nitrogens with zero attached hydrogens (tertiary/aromatic N) is 1. The molecule has 1 atom stereocenters. The second-order valence-electron chi connectivity index (χ2n) is 7.74. The Morgan fingerprint density at radius 3 is 2.56 bits per heavy atom. The largest absolute Gasteiger partial charge is 0.477 e. The molecule has 0 aromatic carbocycles. The molecule has 0 saturated heterocycles. The molecule has 5 nitrogen and oxygen atoms in total. The van der Waals surface area contributed by atoms with Crippen LogP contribution < -0.4 is 4.90 Å². The van der Waals surface area contributed by atoms with Crippen LogP contribution in [-0.2, 0) is 4.79 Å². The molecule has 1 aromatic rings. The van der Waals surface area contributed by atoms with Gasteiger partial charge in [0.2, 0.25) is 5.91 Å². The highest BCUT2D eigenvalue weighted by atomic mass is 32.1. The molecule has 0 aliphatic heterocycles. The predicted molar refractivity (Wildman–Crippen MR) is 110 cm³/mol. The summed E-state index contributed by atoms with van der Waals surface area (Å²) in [6.45, 7) is 6.11. The van der Waals surface area contributed by atoms with Crippen LogP contribution in [0.25, 0.3) is 5.57 Å². The molecule has 1 aliphatic rings. The first kappa shape index (κ1) is 21.6. The summed E-state index contributed by atoms with van der Waals surface area (Å²) in [5.74, 6) is -0.847. The number of hydrogen-bond donors (Lipinski definition) is 2. The van der Waals surface area contributed by atoms with Crippen molar-refractivity contribution >= 4 is 34.5 Å². The smallest absolute Gasteiger partial charge is 0.348 e. The van der Waals surface area contributed by atoms with Crippen LogP contribution in [0.1, 0.15) is 80.3 Å². The molecular weight excluding hydrogens is 362 g/mol. The summed E-state index contributed by atoms with van der Waals surface area (Å²) in [5, 5.41) is 19.3. The van der Waals surface area contributed by atoms with Gasteiger partial charge in [0.15, 0.2) is 0 Å². The Labute approximate surface area is 165 Å². The van der Waals surface area contributed by atoms with Crippen molar-refractivity contribution in [3.8, 4) is 0 Å². The third-order valence-electron chi connectivity index (χ3n) is 4.69. The average Bonchev–Trinajstić information content (AvgIpc) is 3.03. The van der Waals surface area contributed by atoms with Crippen molar-refractivity contribution in [1.29, 1.82) is 0 Å². The van der Waals surface area contributed by atoms with E-state index in [1.807, 2.05) is 19.9 Å². The summed E-state index contributed by atoms with van der Waals surface area (Å²) in [5.41, 5.74) is 1.70. The van der Waals surface area contributed by atoms with Crippen molar-refractivity contribution in [1.82, 2.24) is 0 Å². The van der Waals surface area contributed by atoms with Gasteiger partial charge in [-0.25, -0.2) is 4.79 Å². The van der Waals surface area contributed by atoms with E-state index in [0.717, 1.165) is 24.1 Å². The van der Waals surface area contributed by atoms with E-state index < -0.39 is 12.1 Å². The molecule has 1 aromatic heterocycles. The lowest BCUT2D eigenvalue weighted by Gasteiger charge is -2.24.